The number of hydrogen-bond donors (Lipinski definition) is 1. The summed E-state index contributed by atoms with van der Waals surface area (Å²) in [6.45, 7) is 1.48. The van der Waals surface area contributed by atoms with Crippen molar-refractivity contribution in [3.05, 3.63) is 59.7 Å². The second kappa shape index (κ2) is 8.77. The molecule has 2 rings (SSSR count). The van der Waals surface area contributed by atoms with E-state index < -0.39 is 30.1 Å². The Balaban J connectivity index is 1.69. The molecule has 0 radical (unpaired) electrons. The average molecular weight is 349 g/mol. The normalized spacial score (nSPS) is 10.2. The number of anilines is 1. The molecule has 0 aromatic heterocycles. The molecule has 0 saturated carbocycles. The fourth-order valence-corrected chi connectivity index (χ4v) is 1.95. The second-order valence-corrected chi connectivity index (χ2v) is 5.20. The van der Waals surface area contributed by atoms with E-state index in [2.05, 4.69) is 5.32 Å². The van der Waals surface area contributed by atoms with Gasteiger partial charge in [0.05, 0.1) is 13.0 Å². The summed E-state index contributed by atoms with van der Waals surface area (Å²) in [5.41, 5.74) is 1.02. The monoisotopic (exact) mass is 349 g/mol. The van der Waals surface area contributed by atoms with Crippen LogP contribution in [0.1, 0.15) is 12.0 Å². The largest absolute Gasteiger partial charge is 0.493 e. The third-order valence-electron chi connectivity index (χ3n) is 3.22. The van der Waals surface area contributed by atoms with Crippen molar-refractivity contribution in [2.45, 2.75) is 13.3 Å². The molecule has 1 N–H and O–H groups in total. The number of carbonyl (C=O) groups excluding carboxylic acids is 2. The third kappa shape index (κ3) is 5.87. The number of esters is 1. The first-order valence-corrected chi connectivity index (χ1v) is 7.54. The van der Waals surface area contributed by atoms with Crippen LogP contribution >= 0.6 is 0 Å². The Morgan fingerprint density at radius 3 is 2.56 bits per heavy atom. The van der Waals surface area contributed by atoms with E-state index in [1.807, 2.05) is 25.1 Å². The summed E-state index contributed by atoms with van der Waals surface area (Å²) >= 11 is 0. The molecule has 132 valence electrons. The molecule has 2 aromatic carbocycles. The van der Waals surface area contributed by atoms with Gasteiger partial charge in [-0.05, 0) is 30.7 Å². The minimum absolute atomic E-state index is 0.0210. The van der Waals surface area contributed by atoms with Crippen LogP contribution in [0.2, 0.25) is 0 Å². The fraction of sp³-hybridized carbons (Fsp3) is 0.222. The zero-order valence-electron chi connectivity index (χ0n) is 13.6. The SMILES string of the molecule is Cc1ccccc1OCCC(=O)OCC(=O)Nc1ccc(F)c(F)c1. The predicted molar refractivity (Wildman–Crippen MR) is 87.2 cm³/mol. The van der Waals surface area contributed by atoms with E-state index >= 15 is 0 Å². The lowest BCUT2D eigenvalue weighted by atomic mass is 10.2. The molecule has 0 unspecified atom stereocenters. The molecule has 0 spiro atoms. The lowest BCUT2D eigenvalue weighted by Gasteiger charge is -2.09. The second-order valence-electron chi connectivity index (χ2n) is 5.20. The standard InChI is InChI=1S/C18H17F2NO4/c1-12-4-2-3-5-16(12)24-9-8-18(23)25-11-17(22)21-13-6-7-14(19)15(20)10-13/h2-7,10H,8-9,11H2,1H3,(H,21,22). The van der Waals surface area contributed by atoms with E-state index in [-0.39, 0.29) is 18.7 Å². The van der Waals surface area contributed by atoms with Crippen LogP contribution in [-0.4, -0.2) is 25.1 Å². The molecule has 0 heterocycles. The minimum Gasteiger partial charge on any atom is -0.493 e. The van der Waals surface area contributed by atoms with E-state index in [0.29, 0.717) is 5.75 Å². The van der Waals surface area contributed by atoms with Crippen molar-refractivity contribution < 1.29 is 27.8 Å². The van der Waals surface area contributed by atoms with E-state index in [1.54, 1.807) is 6.07 Å². The van der Waals surface area contributed by atoms with Crippen LogP contribution in [0, 0.1) is 18.6 Å². The van der Waals surface area contributed by atoms with Crippen LogP contribution in [0.5, 0.6) is 5.75 Å². The van der Waals surface area contributed by atoms with Crippen molar-refractivity contribution in [2.24, 2.45) is 0 Å². The highest BCUT2D eigenvalue weighted by molar-refractivity contribution is 5.92. The molecule has 0 saturated heterocycles. The highest BCUT2D eigenvalue weighted by Crippen LogP contribution is 2.16. The van der Waals surface area contributed by atoms with Crippen molar-refractivity contribution in [3.8, 4) is 5.75 Å². The molecule has 0 aliphatic rings. The highest BCUT2D eigenvalue weighted by atomic mass is 19.2. The fourth-order valence-electron chi connectivity index (χ4n) is 1.95. The van der Waals surface area contributed by atoms with Gasteiger partial charge < -0.3 is 14.8 Å². The molecule has 0 atom stereocenters. The summed E-state index contributed by atoms with van der Waals surface area (Å²) in [4.78, 5) is 23.2. The molecule has 1 amide bonds. The van der Waals surface area contributed by atoms with Crippen LogP contribution in [-0.2, 0) is 14.3 Å². The van der Waals surface area contributed by atoms with E-state index in [9.17, 15) is 18.4 Å². The molecule has 7 heteroatoms. The van der Waals surface area contributed by atoms with Gasteiger partial charge in [-0.1, -0.05) is 18.2 Å². The number of halogens is 2. The summed E-state index contributed by atoms with van der Waals surface area (Å²) < 4.78 is 36.1. The number of nitrogens with one attached hydrogen (secondary N) is 1. The molecule has 0 bridgehead atoms. The van der Waals surface area contributed by atoms with Gasteiger partial charge in [0.1, 0.15) is 5.75 Å². The van der Waals surface area contributed by atoms with Crippen LogP contribution in [0.25, 0.3) is 0 Å². The minimum atomic E-state index is -1.08. The summed E-state index contributed by atoms with van der Waals surface area (Å²) in [5.74, 6) is -2.68. The van der Waals surface area contributed by atoms with Crippen LogP contribution in [0.3, 0.4) is 0 Å². The molecule has 0 aliphatic carbocycles. The van der Waals surface area contributed by atoms with Crippen molar-refractivity contribution in [1.29, 1.82) is 0 Å². The Morgan fingerprint density at radius 1 is 1.08 bits per heavy atom. The lowest BCUT2D eigenvalue weighted by Crippen LogP contribution is -2.21. The van der Waals surface area contributed by atoms with E-state index in [4.69, 9.17) is 9.47 Å². The number of benzene rings is 2. The maximum Gasteiger partial charge on any atom is 0.309 e. The van der Waals surface area contributed by atoms with Crippen LogP contribution in [0.4, 0.5) is 14.5 Å². The molecule has 0 fully saturated rings. The Bertz CT molecular complexity index is 764. The van der Waals surface area contributed by atoms with Crippen molar-refractivity contribution in [2.75, 3.05) is 18.5 Å². The molecule has 2 aromatic rings. The van der Waals surface area contributed by atoms with Crippen molar-refractivity contribution in [1.82, 2.24) is 0 Å². The third-order valence-corrected chi connectivity index (χ3v) is 3.22. The number of amides is 1. The van der Waals surface area contributed by atoms with Gasteiger partial charge in [-0.3, -0.25) is 9.59 Å². The van der Waals surface area contributed by atoms with Gasteiger partial charge in [0.25, 0.3) is 5.91 Å². The van der Waals surface area contributed by atoms with E-state index in [1.165, 1.54) is 6.07 Å². The quantitative estimate of drug-likeness (QED) is 0.780. The Hall–Kier alpha value is -2.96. The maximum absolute atomic E-state index is 13.0. The smallest absolute Gasteiger partial charge is 0.309 e. The zero-order chi connectivity index (χ0) is 18.2. The Kier molecular flexibility index (Phi) is 6.45. The topological polar surface area (TPSA) is 64.6 Å². The number of aryl methyl sites for hydroxylation is 1. The van der Waals surface area contributed by atoms with Gasteiger partial charge in [0.15, 0.2) is 18.2 Å². The summed E-state index contributed by atoms with van der Waals surface area (Å²) in [6.07, 6.45) is -0.0210. The Morgan fingerprint density at radius 2 is 1.84 bits per heavy atom. The first kappa shape index (κ1) is 18.4. The van der Waals surface area contributed by atoms with Gasteiger partial charge in [-0.15, -0.1) is 0 Å². The number of para-hydroxylation sites is 1. The van der Waals surface area contributed by atoms with Crippen LogP contribution in [0.15, 0.2) is 42.5 Å². The molecular weight excluding hydrogens is 332 g/mol. The maximum atomic E-state index is 13.0. The molecule has 25 heavy (non-hydrogen) atoms. The zero-order valence-corrected chi connectivity index (χ0v) is 13.6. The van der Waals surface area contributed by atoms with E-state index in [0.717, 1.165) is 17.7 Å². The Labute approximate surface area is 143 Å². The lowest BCUT2D eigenvalue weighted by molar-refractivity contribution is -0.147. The van der Waals surface area contributed by atoms with Crippen molar-refractivity contribution >= 4 is 17.6 Å². The van der Waals surface area contributed by atoms with Gasteiger partial charge in [0.2, 0.25) is 0 Å². The molecular formula is C18H17F2NO4. The first-order chi connectivity index (χ1) is 12.0. The van der Waals surface area contributed by atoms with Crippen LogP contribution < -0.4 is 10.1 Å². The summed E-state index contributed by atoms with van der Waals surface area (Å²) in [6, 6.07) is 10.3. The molecule has 0 aliphatic heterocycles. The van der Waals surface area contributed by atoms with Crippen molar-refractivity contribution in [3.63, 3.8) is 0 Å². The highest BCUT2D eigenvalue weighted by Gasteiger charge is 2.10. The predicted octanol–water partition coefficient (Wildman–Crippen LogP) is 3.22. The number of rotatable bonds is 7. The van der Waals surface area contributed by atoms with Gasteiger partial charge >= 0.3 is 5.97 Å². The number of carbonyl (C=O) groups is 2. The summed E-state index contributed by atoms with van der Waals surface area (Å²) in [5, 5.41) is 2.30. The number of ether oxygens (including phenoxy) is 2. The number of hydrogen-bond acceptors (Lipinski definition) is 4. The van der Waals surface area contributed by atoms with Gasteiger partial charge in [-0.2, -0.15) is 0 Å². The summed E-state index contributed by atoms with van der Waals surface area (Å²) in [7, 11) is 0. The molecule has 5 nitrogen and oxygen atoms in total. The average Bonchev–Trinajstić information content (AvgIpc) is 2.58. The van der Waals surface area contributed by atoms with Gasteiger partial charge in [0, 0.05) is 11.8 Å². The first-order valence-electron chi connectivity index (χ1n) is 7.54. The van der Waals surface area contributed by atoms with Gasteiger partial charge in [-0.25, -0.2) is 8.78 Å².